The molecule has 0 N–H and O–H groups in total. The number of ether oxygens (including phenoxy) is 1. The Morgan fingerprint density at radius 2 is 2.00 bits per heavy atom. The van der Waals surface area contributed by atoms with E-state index in [0.717, 1.165) is 6.08 Å². The summed E-state index contributed by atoms with van der Waals surface area (Å²) in [5.41, 5.74) is 0. The molecule has 0 radical (unpaired) electrons. The highest BCUT2D eigenvalue weighted by Gasteiger charge is 2.20. The van der Waals surface area contributed by atoms with E-state index in [1.165, 1.54) is 20.2 Å². The van der Waals surface area contributed by atoms with Crippen LogP contribution >= 0.6 is 47.0 Å². The normalized spacial score (nSPS) is 19.3. The highest BCUT2D eigenvalue weighted by Crippen LogP contribution is 2.53. The zero-order chi connectivity index (χ0) is 10.7. The molecular formula is C9H6O2S4. The summed E-state index contributed by atoms with van der Waals surface area (Å²) in [6.45, 7) is 3.35. The quantitative estimate of drug-likeness (QED) is 0.556. The van der Waals surface area contributed by atoms with Gasteiger partial charge >= 0.3 is 5.97 Å². The number of carbonyl (C=O) groups is 1. The molecule has 2 aliphatic rings. The molecule has 6 heteroatoms. The van der Waals surface area contributed by atoms with E-state index < -0.39 is 5.97 Å². The number of hydrogen-bond acceptors (Lipinski definition) is 6. The lowest BCUT2D eigenvalue weighted by molar-refractivity contribution is -0.132. The van der Waals surface area contributed by atoms with Crippen LogP contribution in [0.1, 0.15) is 0 Å². The van der Waals surface area contributed by atoms with Crippen molar-refractivity contribution in [1.29, 1.82) is 0 Å². The molecular weight excluding hydrogens is 268 g/mol. The average Bonchev–Trinajstić information content (AvgIpc) is 2.85. The smallest absolute Gasteiger partial charge is 0.336 e. The molecule has 15 heavy (non-hydrogen) atoms. The number of hydrogen-bond donors (Lipinski definition) is 0. The number of esters is 1. The zero-order valence-corrected chi connectivity index (χ0v) is 10.7. The van der Waals surface area contributed by atoms with Gasteiger partial charge in [0.15, 0.2) is 5.09 Å². The molecule has 0 fully saturated rings. The van der Waals surface area contributed by atoms with Gasteiger partial charge in [-0.1, -0.05) is 41.9 Å². The Morgan fingerprint density at radius 1 is 1.27 bits per heavy atom. The number of rotatable bonds is 2. The monoisotopic (exact) mass is 274 g/mol. The fraction of sp³-hybridized carbons (Fsp3) is 0. The molecule has 0 bridgehead atoms. The lowest BCUT2D eigenvalue weighted by atomic mass is 10.7. The van der Waals surface area contributed by atoms with Crippen LogP contribution in [0.4, 0.5) is 0 Å². The van der Waals surface area contributed by atoms with Crippen molar-refractivity contribution in [3.8, 4) is 0 Å². The van der Waals surface area contributed by atoms with Gasteiger partial charge in [0.1, 0.15) is 0 Å². The van der Waals surface area contributed by atoms with Crippen LogP contribution in [0.15, 0.2) is 42.4 Å². The van der Waals surface area contributed by atoms with Gasteiger partial charge in [0.2, 0.25) is 0 Å². The second kappa shape index (κ2) is 5.25. The molecule has 0 saturated heterocycles. The lowest BCUT2D eigenvalue weighted by Gasteiger charge is -2.01. The Balaban J connectivity index is 1.96. The summed E-state index contributed by atoms with van der Waals surface area (Å²) >= 11 is 6.46. The zero-order valence-electron chi connectivity index (χ0n) is 7.47. The number of thioether (sulfide) groups is 4. The number of carbonyl (C=O) groups excluding carboxylic acids is 1. The molecule has 78 valence electrons. The SMILES string of the molecule is C=CC(=O)OC1=CSC(=C2SC=CS2)S1. The van der Waals surface area contributed by atoms with E-state index in [1.54, 1.807) is 35.3 Å². The van der Waals surface area contributed by atoms with Crippen LogP contribution in [-0.2, 0) is 9.53 Å². The van der Waals surface area contributed by atoms with Crippen LogP contribution in [0.3, 0.4) is 0 Å². The van der Waals surface area contributed by atoms with Crippen LogP contribution in [0, 0.1) is 0 Å². The van der Waals surface area contributed by atoms with E-state index in [2.05, 4.69) is 6.58 Å². The van der Waals surface area contributed by atoms with Gasteiger partial charge in [-0.15, -0.1) is 0 Å². The van der Waals surface area contributed by atoms with Crippen LogP contribution in [0.25, 0.3) is 0 Å². The molecule has 0 spiro atoms. The van der Waals surface area contributed by atoms with E-state index in [0.29, 0.717) is 5.09 Å². The van der Waals surface area contributed by atoms with Gasteiger partial charge in [0.25, 0.3) is 0 Å². The summed E-state index contributed by atoms with van der Waals surface area (Å²) in [5.74, 6) is -0.412. The largest absolute Gasteiger partial charge is 0.415 e. The molecule has 0 aromatic rings. The Bertz CT molecular complexity index is 385. The van der Waals surface area contributed by atoms with E-state index in [1.807, 2.05) is 16.2 Å². The minimum atomic E-state index is -0.412. The molecule has 2 rings (SSSR count). The van der Waals surface area contributed by atoms with Crippen LogP contribution in [0.2, 0.25) is 0 Å². The first-order chi connectivity index (χ1) is 7.29. The van der Waals surface area contributed by atoms with Crippen LogP contribution < -0.4 is 0 Å². The maximum atomic E-state index is 11.0. The van der Waals surface area contributed by atoms with Crippen molar-refractivity contribution in [3.05, 3.63) is 42.4 Å². The molecule has 0 aromatic carbocycles. The van der Waals surface area contributed by atoms with Crippen molar-refractivity contribution < 1.29 is 9.53 Å². The van der Waals surface area contributed by atoms with Crippen molar-refractivity contribution in [2.45, 2.75) is 0 Å². The predicted octanol–water partition coefficient (Wildman–Crippen LogP) is 4.07. The van der Waals surface area contributed by atoms with Gasteiger partial charge in [-0.05, 0) is 22.6 Å². The Kier molecular flexibility index (Phi) is 3.96. The summed E-state index contributed by atoms with van der Waals surface area (Å²) in [6.07, 6.45) is 1.16. The van der Waals surface area contributed by atoms with E-state index >= 15 is 0 Å². The van der Waals surface area contributed by atoms with Gasteiger partial charge in [0.05, 0.1) is 8.47 Å². The fourth-order valence-electron chi connectivity index (χ4n) is 0.820. The molecule has 2 heterocycles. The third-order valence-electron chi connectivity index (χ3n) is 1.40. The van der Waals surface area contributed by atoms with E-state index in [9.17, 15) is 4.79 Å². The van der Waals surface area contributed by atoms with E-state index in [4.69, 9.17) is 4.74 Å². The summed E-state index contributed by atoms with van der Waals surface area (Å²) in [4.78, 5) is 11.0. The van der Waals surface area contributed by atoms with Crippen LogP contribution in [-0.4, -0.2) is 5.97 Å². The van der Waals surface area contributed by atoms with Crippen molar-refractivity contribution >= 4 is 53.0 Å². The second-order valence-electron chi connectivity index (χ2n) is 2.36. The molecule has 0 atom stereocenters. The van der Waals surface area contributed by atoms with E-state index in [-0.39, 0.29) is 0 Å². The summed E-state index contributed by atoms with van der Waals surface area (Å²) < 4.78 is 7.43. The molecule has 2 nitrogen and oxygen atoms in total. The second-order valence-corrected chi connectivity index (χ2v) is 6.61. The minimum Gasteiger partial charge on any atom is -0.415 e. The Hall–Kier alpha value is -0.170. The first-order valence-corrected chi connectivity index (χ1v) is 7.36. The standard InChI is InChI=1S/C9H6O2S4/c1-2-6(10)11-7-5-14-9(15-7)8-12-3-4-13-8/h2-5H,1H2. The van der Waals surface area contributed by atoms with Gasteiger partial charge in [-0.3, -0.25) is 0 Å². The molecule has 2 aliphatic heterocycles. The Labute approximate surface area is 105 Å². The molecule has 0 aliphatic carbocycles. The maximum Gasteiger partial charge on any atom is 0.336 e. The van der Waals surface area contributed by atoms with Gasteiger partial charge in [-0.2, -0.15) is 0 Å². The van der Waals surface area contributed by atoms with Crippen molar-refractivity contribution in [2.75, 3.05) is 0 Å². The van der Waals surface area contributed by atoms with Gasteiger partial charge in [0, 0.05) is 11.5 Å². The first kappa shape index (κ1) is 11.3. The third-order valence-corrected chi connectivity index (χ3v) is 6.27. The highest BCUT2D eigenvalue weighted by molar-refractivity contribution is 8.33. The molecule has 0 saturated carbocycles. The molecule has 0 unspecified atom stereocenters. The maximum absolute atomic E-state index is 11.0. The summed E-state index contributed by atoms with van der Waals surface area (Å²) in [6, 6.07) is 0. The molecule has 0 amide bonds. The summed E-state index contributed by atoms with van der Waals surface area (Å²) in [7, 11) is 0. The molecule has 0 aromatic heterocycles. The lowest BCUT2D eigenvalue weighted by Crippen LogP contribution is -1.95. The Morgan fingerprint density at radius 3 is 2.67 bits per heavy atom. The van der Waals surface area contributed by atoms with Crippen molar-refractivity contribution in [2.24, 2.45) is 0 Å². The minimum absolute atomic E-state index is 0.412. The first-order valence-electron chi connectivity index (χ1n) is 3.91. The average molecular weight is 274 g/mol. The highest BCUT2D eigenvalue weighted by atomic mass is 32.2. The van der Waals surface area contributed by atoms with Crippen LogP contribution in [0.5, 0.6) is 0 Å². The topological polar surface area (TPSA) is 26.3 Å². The van der Waals surface area contributed by atoms with Crippen molar-refractivity contribution in [1.82, 2.24) is 0 Å². The summed E-state index contributed by atoms with van der Waals surface area (Å²) in [5, 5.41) is 6.55. The fourth-order valence-corrected chi connectivity index (χ4v) is 5.03. The van der Waals surface area contributed by atoms with Gasteiger partial charge < -0.3 is 4.74 Å². The van der Waals surface area contributed by atoms with Crippen molar-refractivity contribution in [3.63, 3.8) is 0 Å². The van der Waals surface area contributed by atoms with Gasteiger partial charge in [-0.25, -0.2) is 4.79 Å². The third kappa shape index (κ3) is 2.90. The predicted molar refractivity (Wildman–Crippen MR) is 70.9 cm³/mol.